The third-order valence-electron chi connectivity index (χ3n) is 11.6. The van der Waals surface area contributed by atoms with Crippen molar-refractivity contribution >= 4 is 17.6 Å². The van der Waals surface area contributed by atoms with Gasteiger partial charge in [-0.15, -0.1) is 0 Å². The summed E-state index contributed by atoms with van der Waals surface area (Å²) in [4.78, 5) is 35.3. The molecular weight excluding hydrogens is 727 g/mol. The molecule has 9 heteroatoms. The maximum Gasteiger partial charge on any atom is 0.317 e. The molecule has 3 N–H and O–H groups in total. The second-order valence-corrected chi connectivity index (χ2v) is 14.9. The Balaban J connectivity index is 1.36. The number of amides is 1. The van der Waals surface area contributed by atoms with Crippen LogP contribution in [0.1, 0.15) is 28.3 Å². The van der Waals surface area contributed by atoms with Gasteiger partial charge >= 0.3 is 5.97 Å². The van der Waals surface area contributed by atoms with Gasteiger partial charge in [-0.3, -0.25) is 19.5 Å². The van der Waals surface area contributed by atoms with Crippen LogP contribution in [0.5, 0.6) is 17.2 Å². The zero-order valence-corrected chi connectivity index (χ0v) is 32.7. The zero-order valence-electron chi connectivity index (χ0n) is 32.7. The van der Waals surface area contributed by atoms with Gasteiger partial charge in [0.1, 0.15) is 22.7 Å². The Morgan fingerprint density at radius 3 is 1.90 bits per heavy atom. The Morgan fingerprint density at radius 1 is 0.724 bits per heavy atom. The molecule has 58 heavy (non-hydrogen) atoms. The van der Waals surface area contributed by atoms with E-state index in [4.69, 9.17) is 24.9 Å². The van der Waals surface area contributed by atoms with Gasteiger partial charge in [-0.25, -0.2) is 0 Å². The number of aliphatic carboxylic acids is 1. The van der Waals surface area contributed by atoms with Crippen molar-refractivity contribution < 1.29 is 28.9 Å². The molecule has 8 rings (SSSR count). The fourth-order valence-corrected chi connectivity index (χ4v) is 8.87. The van der Waals surface area contributed by atoms with Gasteiger partial charge in [0.05, 0.1) is 44.8 Å². The van der Waals surface area contributed by atoms with Gasteiger partial charge in [-0.2, -0.15) is 0 Å². The maximum atomic E-state index is 14.3. The fraction of sp³-hybridized carbons (Fsp3) is 0.204. The monoisotopic (exact) mass is 771 g/mol. The number of carbonyl (C=O) groups is 2. The van der Waals surface area contributed by atoms with E-state index in [1.165, 1.54) is 0 Å². The third kappa shape index (κ3) is 6.98. The summed E-state index contributed by atoms with van der Waals surface area (Å²) < 4.78 is 17.3. The number of fused-ring (bicyclic) bond motifs is 2. The van der Waals surface area contributed by atoms with E-state index in [9.17, 15) is 14.7 Å². The van der Waals surface area contributed by atoms with Gasteiger partial charge in [0.15, 0.2) is 0 Å². The number of primary amides is 1. The van der Waals surface area contributed by atoms with E-state index in [0.29, 0.717) is 41.5 Å². The molecule has 2 aliphatic heterocycles. The molecule has 0 saturated heterocycles. The Morgan fingerprint density at radius 2 is 1.28 bits per heavy atom. The van der Waals surface area contributed by atoms with E-state index < -0.39 is 35.3 Å². The first-order valence-electron chi connectivity index (χ1n) is 19.3. The first-order chi connectivity index (χ1) is 28.2. The molecule has 0 spiro atoms. The predicted octanol–water partition coefficient (Wildman–Crippen LogP) is 8.17. The number of rotatable bonds is 13. The Hall–Kier alpha value is -6.71. The number of carboxylic acids is 1. The van der Waals surface area contributed by atoms with Crippen molar-refractivity contribution in [2.45, 2.75) is 31.5 Å². The third-order valence-corrected chi connectivity index (χ3v) is 11.6. The molecule has 5 aromatic carbocycles. The number of methoxy groups -OCH3 is 3. The van der Waals surface area contributed by atoms with Crippen molar-refractivity contribution in [3.63, 3.8) is 0 Å². The van der Waals surface area contributed by atoms with Crippen LogP contribution in [0.15, 0.2) is 167 Å². The number of aliphatic imine (C=N–C) groups is 1. The minimum atomic E-state index is -1.44. The van der Waals surface area contributed by atoms with Crippen LogP contribution >= 0.6 is 0 Å². The number of para-hydroxylation sites is 3. The minimum Gasteiger partial charge on any atom is -0.496 e. The van der Waals surface area contributed by atoms with Crippen LogP contribution in [0.25, 0.3) is 11.1 Å². The van der Waals surface area contributed by atoms with Crippen LogP contribution in [0.2, 0.25) is 0 Å². The van der Waals surface area contributed by atoms with E-state index in [1.807, 2.05) is 103 Å². The first-order valence-corrected chi connectivity index (χ1v) is 19.3. The van der Waals surface area contributed by atoms with Crippen LogP contribution in [0, 0.1) is 11.3 Å². The summed E-state index contributed by atoms with van der Waals surface area (Å²) in [6, 6.07) is 40.1. The lowest BCUT2D eigenvalue weighted by Gasteiger charge is -2.46. The summed E-state index contributed by atoms with van der Waals surface area (Å²) >= 11 is 0. The van der Waals surface area contributed by atoms with Crippen LogP contribution in [-0.2, 0) is 29.0 Å². The highest BCUT2D eigenvalue weighted by Gasteiger charge is 2.51. The number of hydrogen-bond acceptors (Lipinski definition) is 7. The van der Waals surface area contributed by atoms with E-state index in [0.717, 1.165) is 44.7 Å². The molecule has 0 radical (unpaired) electrons. The quantitative estimate of drug-likeness (QED) is 0.124. The van der Waals surface area contributed by atoms with E-state index >= 15 is 0 Å². The van der Waals surface area contributed by atoms with Crippen LogP contribution in [0.4, 0.5) is 0 Å². The summed E-state index contributed by atoms with van der Waals surface area (Å²) in [5.41, 5.74) is 13.6. The van der Waals surface area contributed by atoms with E-state index in [1.54, 1.807) is 27.4 Å². The van der Waals surface area contributed by atoms with Gasteiger partial charge < -0.3 is 25.1 Å². The lowest BCUT2D eigenvalue weighted by Crippen LogP contribution is -2.54. The molecule has 0 saturated carbocycles. The number of carboxylic acid groups (broad SMARTS) is 1. The van der Waals surface area contributed by atoms with Crippen LogP contribution < -0.4 is 19.9 Å². The molecule has 0 bridgehead atoms. The highest BCUT2D eigenvalue weighted by Crippen LogP contribution is 2.52. The number of carbonyl (C=O) groups excluding carboxylic acids is 1. The van der Waals surface area contributed by atoms with Crippen LogP contribution in [-0.4, -0.2) is 55.0 Å². The largest absolute Gasteiger partial charge is 0.496 e. The Bertz CT molecular complexity index is 2490. The molecule has 1 aliphatic carbocycles. The van der Waals surface area contributed by atoms with Gasteiger partial charge in [0, 0.05) is 23.6 Å². The van der Waals surface area contributed by atoms with Crippen molar-refractivity contribution in [1.29, 1.82) is 0 Å². The number of ether oxygens (including phenoxy) is 3. The lowest BCUT2D eigenvalue weighted by atomic mass is 9.70. The van der Waals surface area contributed by atoms with Crippen molar-refractivity contribution in [3.8, 4) is 28.4 Å². The van der Waals surface area contributed by atoms with E-state index in [-0.39, 0.29) is 6.42 Å². The summed E-state index contributed by atoms with van der Waals surface area (Å²) in [6.45, 7) is 0.314. The molecule has 5 aromatic rings. The number of nitrogens with two attached hydrogens (primary N) is 1. The average Bonchev–Trinajstić information content (AvgIpc) is 3.62. The fourth-order valence-electron chi connectivity index (χ4n) is 8.87. The highest BCUT2D eigenvalue weighted by atomic mass is 16.5. The summed E-state index contributed by atoms with van der Waals surface area (Å²) in [5.74, 6) is -0.0989. The Labute approximate surface area is 338 Å². The van der Waals surface area contributed by atoms with Gasteiger partial charge in [-0.05, 0) is 70.5 Å². The Kier molecular flexibility index (Phi) is 10.6. The minimum absolute atomic E-state index is 0.142. The molecule has 0 fully saturated rings. The second kappa shape index (κ2) is 16.0. The predicted molar refractivity (Wildman–Crippen MR) is 225 cm³/mol. The SMILES string of the molecule is COc1ccccc1CC1C2=C(N=C3C=CC(Cc4ccccc4OC)(C(=O)O)C=C32)C(c2ccc(-c3ccccc3)cc2)N(Cc2ccccc2OC)C1C(N)=O. The topological polar surface area (TPSA) is 124 Å². The second-order valence-electron chi connectivity index (χ2n) is 14.9. The molecule has 4 atom stereocenters. The molecule has 3 aliphatic rings. The van der Waals surface area contributed by atoms with Crippen LogP contribution in [0.3, 0.4) is 0 Å². The molecule has 0 aromatic heterocycles. The number of nitrogens with zero attached hydrogens (tertiary/aromatic N) is 2. The first kappa shape index (κ1) is 38.2. The van der Waals surface area contributed by atoms with Crippen molar-refractivity contribution in [1.82, 2.24) is 4.90 Å². The average molecular weight is 772 g/mol. The van der Waals surface area contributed by atoms with Crippen molar-refractivity contribution in [2.24, 2.45) is 22.1 Å². The number of allylic oxidation sites excluding steroid dienone is 2. The van der Waals surface area contributed by atoms with Gasteiger partial charge in [0.2, 0.25) is 5.91 Å². The normalized spacial score (nSPS) is 21.1. The lowest BCUT2D eigenvalue weighted by molar-refractivity contribution is -0.143. The van der Waals surface area contributed by atoms with Gasteiger partial charge in [0.25, 0.3) is 0 Å². The number of hydrogen-bond donors (Lipinski definition) is 2. The van der Waals surface area contributed by atoms with Crippen molar-refractivity contribution in [2.75, 3.05) is 21.3 Å². The smallest absolute Gasteiger partial charge is 0.317 e. The summed E-state index contributed by atoms with van der Waals surface area (Å²) in [6.07, 6.45) is 5.87. The molecule has 4 unspecified atom stereocenters. The molecule has 2 heterocycles. The van der Waals surface area contributed by atoms with E-state index in [2.05, 4.69) is 41.3 Å². The standard InChI is InChI=1S/C49H45N3O6/c1-56-40-18-10-7-15-34(40)27-37-43-38-29-49(48(54)55,28-35-16-8-11-19-41(35)57-2)26-25-39(38)51-44(43)45(33-23-21-32(22-24-33)31-13-5-4-6-14-31)52(46(37)47(50)53)30-36-17-9-12-20-42(36)58-3/h4-26,29,37,45-46H,27-28,30H2,1-3H3,(H2,50,53)(H,54,55). The molecule has 1 amide bonds. The van der Waals surface area contributed by atoms with Crippen molar-refractivity contribution in [3.05, 3.63) is 185 Å². The van der Waals surface area contributed by atoms with Gasteiger partial charge in [-0.1, -0.05) is 121 Å². The summed E-state index contributed by atoms with van der Waals surface area (Å²) in [7, 11) is 4.85. The highest BCUT2D eigenvalue weighted by molar-refractivity contribution is 6.16. The molecule has 292 valence electrons. The number of benzene rings is 5. The molecular formula is C49H45N3O6. The maximum absolute atomic E-state index is 14.3. The molecule has 9 nitrogen and oxygen atoms in total. The zero-order chi connectivity index (χ0) is 40.4. The summed E-state index contributed by atoms with van der Waals surface area (Å²) in [5, 5.41) is 11.0.